The van der Waals surface area contributed by atoms with Crippen molar-refractivity contribution in [3.63, 3.8) is 0 Å². The molecule has 6 N–H and O–H groups in total. The summed E-state index contributed by atoms with van der Waals surface area (Å²) in [6.45, 7) is -0.642. The van der Waals surface area contributed by atoms with Crippen molar-refractivity contribution in [3.05, 3.63) is 59.7 Å². The largest absolute Gasteiger partial charge is 0.494 e. The van der Waals surface area contributed by atoms with Crippen LogP contribution in [0.2, 0.25) is 0 Å². The zero-order chi connectivity index (χ0) is 24.5. The van der Waals surface area contributed by atoms with Crippen LogP contribution in [-0.2, 0) is 14.3 Å². The molecular weight excluding hydrogens is 458 g/mol. The van der Waals surface area contributed by atoms with Gasteiger partial charge in [-0.1, -0.05) is 41.6 Å². The number of aliphatic hydroxyl groups is 4. The summed E-state index contributed by atoms with van der Waals surface area (Å²) in [7, 11) is 0. The van der Waals surface area contributed by atoms with Crippen molar-refractivity contribution in [1.29, 1.82) is 0 Å². The van der Waals surface area contributed by atoms with E-state index in [1.807, 2.05) is 48.5 Å². The lowest BCUT2D eigenvalue weighted by molar-refractivity contribution is -0.302. The average Bonchev–Trinajstić information content (AvgIpc) is 3.39. The number of ether oxygens (including phenoxy) is 2. The van der Waals surface area contributed by atoms with Gasteiger partial charge in [-0.2, -0.15) is 0 Å². The second kappa shape index (κ2) is 9.74. The summed E-state index contributed by atoms with van der Waals surface area (Å²) < 4.78 is 10.7. The Hall–Kier alpha value is -3.32. The van der Waals surface area contributed by atoms with Crippen molar-refractivity contribution in [1.82, 2.24) is 4.98 Å². The molecular formula is C24H25N3O8. The van der Waals surface area contributed by atoms with Crippen LogP contribution in [0, 0.1) is 0 Å². The van der Waals surface area contributed by atoms with Gasteiger partial charge in [-0.15, -0.1) is 0 Å². The maximum absolute atomic E-state index is 10.6. The van der Waals surface area contributed by atoms with Gasteiger partial charge in [-0.25, -0.2) is 4.99 Å². The average molecular weight is 483 g/mol. The van der Waals surface area contributed by atoms with E-state index in [4.69, 9.17) is 14.3 Å². The van der Waals surface area contributed by atoms with Gasteiger partial charge in [-0.05, 0) is 12.1 Å². The first-order chi connectivity index (χ1) is 17.0. The quantitative estimate of drug-likeness (QED) is 0.209. The summed E-state index contributed by atoms with van der Waals surface area (Å²) in [5.74, 6) is -0.0311. The van der Waals surface area contributed by atoms with E-state index >= 15 is 0 Å². The number of nitrogens with one attached hydrogen (secondary N) is 1. The monoisotopic (exact) mass is 483 g/mol. The van der Waals surface area contributed by atoms with Gasteiger partial charge >= 0.3 is 0 Å². The Bertz CT molecular complexity index is 1270. The number of aromatic hydroxyl groups is 1. The fourth-order valence-electron chi connectivity index (χ4n) is 4.22. The van der Waals surface area contributed by atoms with Crippen LogP contribution in [-0.4, -0.2) is 92.5 Å². The van der Waals surface area contributed by atoms with Crippen LogP contribution in [0.4, 0.5) is 5.69 Å². The highest BCUT2D eigenvalue weighted by atomic mass is 16.7. The van der Waals surface area contributed by atoms with E-state index < -0.39 is 37.3 Å². The van der Waals surface area contributed by atoms with E-state index in [9.17, 15) is 25.5 Å². The molecule has 35 heavy (non-hydrogen) atoms. The lowest BCUT2D eigenvalue weighted by Crippen LogP contribution is -2.59. The van der Waals surface area contributed by atoms with Crippen LogP contribution in [0.15, 0.2) is 58.7 Å². The second-order valence-electron chi connectivity index (χ2n) is 8.21. The van der Waals surface area contributed by atoms with Gasteiger partial charge in [0, 0.05) is 16.5 Å². The number of nitrogens with zero attached hydrogens (tertiary/aromatic N) is 2. The molecule has 5 unspecified atom stereocenters. The highest BCUT2D eigenvalue weighted by Crippen LogP contribution is 2.35. The molecule has 11 nitrogen and oxygen atoms in total. The van der Waals surface area contributed by atoms with Gasteiger partial charge in [0.25, 0.3) is 0 Å². The third-order valence-electron chi connectivity index (χ3n) is 6.00. The van der Waals surface area contributed by atoms with Gasteiger partial charge in [0.2, 0.25) is 0 Å². The predicted molar refractivity (Wildman–Crippen MR) is 125 cm³/mol. The van der Waals surface area contributed by atoms with E-state index in [1.54, 1.807) is 0 Å². The zero-order valence-corrected chi connectivity index (χ0v) is 18.5. The Morgan fingerprint density at radius 1 is 0.971 bits per heavy atom. The van der Waals surface area contributed by atoms with Crippen LogP contribution < -0.4 is 0 Å². The van der Waals surface area contributed by atoms with E-state index in [1.165, 1.54) is 0 Å². The van der Waals surface area contributed by atoms with Crippen LogP contribution in [0.5, 0.6) is 5.88 Å². The molecule has 0 aliphatic carbocycles. The zero-order valence-electron chi connectivity index (χ0n) is 18.5. The van der Waals surface area contributed by atoms with Crippen molar-refractivity contribution < 1.29 is 39.8 Å². The van der Waals surface area contributed by atoms with Crippen LogP contribution in [0.1, 0.15) is 11.1 Å². The highest BCUT2D eigenvalue weighted by Gasteiger charge is 2.44. The first kappa shape index (κ1) is 23.4. The summed E-state index contributed by atoms with van der Waals surface area (Å²) in [6.07, 6.45) is -6.79. The van der Waals surface area contributed by atoms with Gasteiger partial charge in [0.15, 0.2) is 12.2 Å². The smallest absolute Gasteiger partial charge is 0.199 e. The van der Waals surface area contributed by atoms with Crippen LogP contribution in [0.3, 0.4) is 0 Å². The summed E-state index contributed by atoms with van der Waals surface area (Å²) in [6, 6.07) is 14.9. The number of hydrogen-bond donors (Lipinski definition) is 6. The number of fused-ring (bicyclic) bond motifs is 2. The van der Waals surface area contributed by atoms with Crippen molar-refractivity contribution in [2.75, 3.05) is 19.8 Å². The molecule has 2 aliphatic heterocycles. The van der Waals surface area contributed by atoms with Crippen molar-refractivity contribution in [2.45, 2.75) is 30.7 Å². The Kier molecular flexibility index (Phi) is 6.52. The lowest BCUT2D eigenvalue weighted by Gasteiger charge is -2.39. The Morgan fingerprint density at radius 3 is 2.57 bits per heavy atom. The molecule has 3 aromatic rings. The van der Waals surface area contributed by atoms with Gasteiger partial charge in [-0.3, -0.25) is 0 Å². The third kappa shape index (κ3) is 4.29. The number of aliphatic hydroxyl groups excluding tert-OH is 4. The maximum Gasteiger partial charge on any atom is 0.199 e. The molecule has 5 atom stereocenters. The number of aromatic nitrogens is 1. The molecule has 0 bridgehead atoms. The third-order valence-corrected chi connectivity index (χ3v) is 6.00. The molecule has 2 aromatic carbocycles. The van der Waals surface area contributed by atoms with Crippen LogP contribution >= 0.6 is 0 Å². The minimum absolute atomic E-state index is 0.0311. The first-order valence-electron chi connectivity index (χ1n) is 11.1. The molecule has 0 saturated carbocycles. The minimum atomic E-state index is -1.52. The Labute approximate surface area is 199 Å². The van der Waals surface area contributed by atoms with Gasteiger partial charge in [0.05, 0.1) is 24.5 Å². The molecule has 1 fully saturated rings. The number of benzene rings is 2. The summed E-state index contributed by atoms with van der Waals surface area (Å²) in [5, 5.41) is 54.7. The minimum Gasteiger partial charge on any atom is -0.494 e. The fraction of sp³-hybridized carbons (Fsp3) is 0.333. The SMILES string of the molecule is OCC1OC(OCCON=C2C(c3c(O)[nH]c4ccccc34)=Nc3ccccc32)C(O)C(O)C1O. The molecule has 2 aliphatic rings. The molecule has 0 spiro atoms. The Morgan fingerprint density at radius 2 is 1.74 bits per heavy atom. The summed E-state index contributed by atoms with van der Waals surface area (Å²) in [4.78, 5) is 13.1. The number of aromatic amines is 1. The molecule has 1 aromatic heterocycles. The number of H-pyrrole nitrogens is 1. The summed E-state index contributed by atoms with van der Waals surface area (Å²) >= 11 is 0. The van der Waals surface area contributed by atoms with E-state index in [0.717, 1.165) is 16.5 Å². The van der Waals surface area contributed by atoms with Crippen molar-refractivity contribution in [2.24, 2.45) is 10.1 Å². The summed E-state index contributed by atoms with van der Waals surface area (Å²) in [5.41, 5.74) is 3.59. The molecule has 3 heterocycles. The number of aliphatic imine (C=N–C) groups is 1. The molecule has 0 amide bonds. The number of para-hydroxylation sites is 2. The highest BCUT2D eigenvalue weighted by molar-refractivity contribution is 6.58. The molecule has 184 valence electrons. The fourth-order valence-corrected chi connectivity index (χ4v) is 4.22. The van der Waals surface area contributed by atoms with Crippen molar-refractivity contribution in [3.8, 4) is 5.88 Å². The normalized spacial score (nSPS) is 27.3. The number of hydrogen-bond acceptors (Lipinski definition) is 10. The van der Waals surface area contributed by atoms with Crippen molar-refractivity contribution >= 4 is 28.0 Å². The number of oxime groups is 1. The van der Waals surface area contributed by atoms with E-state index in [-0.39, 0.29) is 19.1 Å². The van der Waals surface area contributed by atoms with Crippen LogP contribution in [0.25, 0.3) is 10.9 Å². The van der Waals surface area contributed by atoms with Gasteiger partial charge in [0.1, 0.15) is 42.4 Å². The first-order valence-corrected chi connectivity index (χ1v) is 11.1. The molecule has 1 saturated heterocycles. The number of rotatable bonds is 7. The second-order valence-corrected chi connectivity index (χ2v) is 8.21. The van der Waals surface area contributed by atoms with Gasteiger partial charge < -0.3 is 44.8 Å². The Balaban J connectivity index is 1.31. The molecule has 0 radical (unpaired) electrons. The topological polar surface area (TPSA) is 169 Å². The van der Waals surface area contributed by atoms with E-state index in [2.05, 4.69) is 15.1 Å². The standard InChI is InChI=1S/C24H25N3O8/c28-11-16-20(29)21(30)22(31)24(35-16)33-9-10-34-27-18-13-6-2-4-8-15(13)25-19(18)17-12-5-1-3-7-14(12)26-23(17)32/h1-8,16,20-22,24,26,28-32H,9-11H2. The molecule has 5 rings (SSSR count). The molecule has 11 heteroatoms. The van der Waals surface area contributed by atoms with E-state index in [0.29, 0.717) is 22.7 Å². The maximum atomic E-state index is 10.6. The predicted octanol–water partition coefficient (Wildman–Crippen LogP) is 0.545. The lowest BCUT2D eigenvalue weighted by atomic mass is 9.99.